The van der Waals surface area contributed by atoms with Crippen LogP contribution in [-0.2, 0) is 11.2 Å². The second kappa shape index (κ2) is 6.85. The maximum atomic E-state index is 12.1. The number of rotatable bonds is 5. The van der Waals surface area contributed by atoms with Crippen molar-refractivity contribution in [3.8, 4) is 0 Å². The molecule has 0 spiro atoms. The molecule has 0 aliphatic carbocycles. The fourth-order valence-electron chi connectivity index (χ4n) is 1.84. The first kappa shape index (κ1) is 15.0. The molecule has 2 aromatic rings. The van der Waals surface area contributed by atoms with Crippen LogP contribution in [0.15, 0.2) is 48.7 Å². The number of nitrogens with one attached hydrogen (secondary N) is 1. The smallest absolute Gasteiger partial charge is 0.326 e. The van der Waals surface area contributed by atoms with E-state index in [4.69, 9.17) is 11.6 Å². The van der Waals surface area contributed by atoms with Crippen LogP contribution in [0.1, 0.15) is 15.9 Å². The van der Waals surface area contributed by atoms with E-state index in [0.29, 0.717) is 0 Å². The minimum atomic E-state index is -1.10. The number of halogens is 1. The fraction of sp³-hybridized carbons (Fsp3) is 0.133. The predicted molar refractivity (Wildman–Crippen MR) is 78.3 cm³/mol. The molecule has 1 aromatic carbocycles. The quantitative estimate of drug-likeness (QED) is 0.830. The summed E-state index contributed by atoms with van der Waals surface area (Å²) in [5.41, 5.74) is 0.973. The predicted octanol–water partition coefficient (Wildman–Crippen LogP) is 2.16. The van der Waals surface area contributed by atoms with Crippen molar-refractivity contribution < 1.29 is 14.7 Å². The van der Waals surface area contributed by atoms with Gasteiger partial charge in [-0.3, -0.25) is 4.79 Å². The Kier molecular flexibility index (Phi) is 4.90. The molecule has 0 radical (unpaired) electrons. The number of carbonyl (C=O) groups excluding carboxylic acids is 1. The van der Waals surface area contributed by atoms with Crippen LogP contribution in [0.5, 0.6) is 0 Å². The summed E-state index contributed by atoms with van der Waals surface area (Å²) in [6.07, 6.45) is 1.65. The second-order valence-electron chi connectivity index (χ2n) is 4.40. The molecule has 0 bridgehead atoms. The molecule has 0 aliphatic heterocycles. The van der Waals surface area contributed by atoms with Gasteiger partial charge in [-0.05, 0) is 17.7 Å². The van der Waals surface area contributed by atoms with E-state index in [1.54, 1.807) is 18.2 Å². The summed E-state index contributed by atoms with van der Waals surface area (Å²) < 4.78 is 0. The number of aromatic nitrogens is 1. The maximum absolute atomic E-state index is 12.1. The Labute approximate surface area is 126 Å². The molecule has 5 nitrogen and oxygen atoms in total. The van der Waals surface area contributed by atoms with Gasteiger partial charge in [0.05, 0.1) is 5.56 Å². The van der Waals surface area contributed by atoms with Gasteiger partial charge in [-0.1, -0.05) is 41.9 Å². The number of pyridine rings is 1. The summed E-state index contributed by atoms with van der Waals surface area (Å²) in [5.74, 6) is -1.66. The van der Waals surface area contributed by atoms with Gasteiger partial charge in [0.2, 0.25) is 0 Å². The lowest BCUT2D eigenvalue weighted by Crippen LogP contribution is -2.42. The summed E-state index contributed by atoms with van der Waals surface area (Å²) >= 11 is 5.82. The summed E-state index contributed by atoms with van der Waals surface area (Å²) in [6.45, 7) is 0. The largest absolute Gasteiger partial charge is 0.480 e. The van der Waals surface area contributed by atoms with Crippen LogP contribution in [0.3, 0.4) is 0 Å². The van der Waals surface area contributed by atoms with Crippen LogP contribution in [0, 0.1) is 0 Å². The Bertz CT molecular complexity index is 646. The maximum Gasteiger partial charge on any atom is 0.326 e. The fourth-order valence-corrected chi connectivity index (χ4v) is 2.05. The minimum absolute atomic E-state index is 0.0406. The van der Waals surface area contributed by atoms with E-state index < -0.39 is 17.9 Å². The van der Waals surface area contributed by atoms with Crippen molar-refractivity contribution in [3.63, 3.8) is 0 Å². The lowest BCUT2D eigenvalue weighted by molar-refractivity contribution is -0.139. The Hall–Kier alpha value is -2.40. The highest BCUT2D eigenvalue weighted by molar-refractivity contribution is 6.32. The molecule has 0 fully saturated rings. The van der Waals surface area contributed by atoms with Gasteiger partial charge >= 0.3 is 5.97 Å². The van der Waals surface area contributed by atoms with E-state index in [1.165, 1.54) is 12.3 Å². The third-order valence-corrected chi connectivity index (χ3v) is 3.19. The lowest BCUT2D eigenvalue weighted by Gasteiger charge is -2.15. The molecule has 108 valence electrons. The molecule has 1 unspecified atom stereocenters. The van der Waals surface area contributed by atoms with Gasteiger partial charge < -0.3 is 10.4 Å². The van der Waals surface area contributed by atoms with E-state index >= 15 is 0 Å². The highest BCUT2D eigenvalue weighted by atomic mass is 35.5. The summed E-state index contributed by atoms with van der Waals surface area (Å²) in [4.78, 5) is 27.2. The standard InChI is InChI=1S/C15H13ClN2O3/c16-13-11(7-4-8-17-13)14(19)18-12(15(20)21)9-10-5-2-1-3-6-10/h1-8,12H,9H2,(H,18,19)(H,20,21). The monoisotopic (exact) mass is 304 g/mol. The van der Waals surface area contributed by atoms with Crippen LogP contribution in [0.25, 0.3) is 0 Å². The molecule has 6 heteroatoms. The summed E-state index contributed by atoms with van der Waals surface area (Å²) in [5, 5.41) is 11.7. The van der Waals surface area contributed by atoms with Crippen LogP contribution < -0.4 is 5.32 Å². The summed E-state index contributed by atoms with van der Waals surface area (Å²) in [6, 6.07) is 11.1. The topological polar surface area (TPSA) is 79.3 Å². The van der Waals surface area contributed by atoms with E-state index in [-0.39, 0.29) is 17.1 Å². The molecule has 0 saturated carbocycles. The average molecular weight is 305 g/mol. The molecule has 0 aliphatic rings. The van der Waals surface area contributed by atoms with Gasteiger partial charge in [0.15, 0.2) is 0 Å². The molecule has 2 rings (SSSR count). The SMILES string of the molecule is O=C(NC(Cc1ccccc1)C(=O)O)c1cccnc1Cl. The highest BCUT2D eigenvalue weighted by Crippen LogP contribution is 2.12. The van der Waals surface area contributed by atoms with Crippen molar-refractivity contribution >= 4 is 23.5 Å². The first-order chi connectivity index (χ1) is 10.1. The van der Waals surface area contributed by atoms with Crippen LogP contribution in [0.4, 0.5) is 0 Å². The molecule has 1 atom stereocenters. The molecule has 0 saturated heterocycles. The lowest BCUT2D eigenvalue weighted by atomic mass is 10.1. The van der Waals surface area contributed by atoms with Crippen molar-refractivity contribution in [3.05, 3.63) is 64.9 Å². The molecule has 1 aromatic heterocycles. The van der Waals surface area contributed by atoms with Crippen molar-refractivity contribution in [2.45, 2.75) is 12.5 Å². The number of aliphatic carboxylic acids is 1. The van der Waals surface area contributed by atoms with Gasteiger partial charge in [0.1, 0.15) is 11.2 Å². The van der Waals surface area contributed by atoms with Crippen LogP contribution in [0.2, 0.25) is 5.15 Å². The number of amides is 1. The number of nitrogens with zero attached hydrogens (tertiary/aromatic N) is 1. The average Bonchev–Trinajstić information content (AvgIpc) is 2.48. The minimum Gasteiger partial charge on any atom is -0.480 e. The van der Waals surface area contributed by atoms with E-state index in [2.05, 4.69) is 10.3 Å². The Morgan fingerprint density at radius 3 is 2.52 bits per heavy atom. The van der Waals surface area contributed by atoms with E-state index in [1.807, 2.05) is 18.2 Å². The second-order valence-corrected chi connectivity index (χ2v) is 4.75. The number of carbonyl (C=O) groups is 2. The summed E-state index contributed by atoms with van der Waals surface area (Å²) in [7, 11) is 0. The van der Waals surface area contributed by atoms with Gasteiger partial charge in [-0.25, -0.2) is 9.78 Å². The van der Waals surface area contributed by atoms with Gasteiger partial charge in [-0.15, -0.1) is 0 Å². The normalized spacial score (nSPS) is 11.7. The van der Waals surface area contributed by atoms with Crippen LogP contribution >= 0.6 is 11.6 Å². The molecule has 1 amide bonds. The first-order valence-electron chi connectivity index (χ1n) is 6.26. The van der Waals surface area contributed by atoms with Crippen molar-refractivity contribution in [1.82, 2.24) is 10.3 Å². The van der Waals surface area contributed by atoms with Gasteiger partial charge in [0.25, 0.3) is 5.91 Å². The zero-order valence-corrected chi connectivity index (χ0v) is 11.7. The number of benzene rings is 1. The van der Waals surface area contributed by atoms with Crippen molar-refractivity contribution in [1.29, 1.82) is 0 Å². The first-order valence-corrected chi connectivity index (χ1v) is 6.64. The Balaban J connectivity index is 2.12. The molecule has 21 heavy (non-hydrogen) atoms. The Morgan fingerprint density at radius 2 is 1.90 bits per heavy atom. The molecule has 1 heterocycles. The molecule has 2 N–H and O–H groups in total. The number of carboxylic acids is 1. The van der Waals surface area contributed by atoms with E-state index in [9.17, 15) is 14.7 Å². The molecular weight excluding hydrogens is 292 g/mol. The Morgan fingerprint density at radius 1 is 1.19 bits per heavy atom. The zero-order valence-electron chi connectivity index (χ0n) is 11.0. The highest BCUT2D eigenvalue weighted by Gasteiger charge is 2.22. The van der Waals surface area contributed by atoms with Gasteiger partial charge in [-0.2, -0.15) is 0 Å². The van der Waals surface area contributed by atoms with Gasteiger partial charge in [0, 0.05) is 12.6 Å². The third-order valence-electron chi connectivity index (χ3n) is 2.89. The van der Waals surface area contributed by atoms with E-state index in [0.717, 1.165) is 5.56 Å². The zero-order chi connectivity index (χ0) is 15.2. The molecular formula is C15H13ClN2O3. The van der Waals surface area contributed by atoms with Crippen molar-refractivity contribution in [2.24, 2.45) is 0 Å². The van der Waals surface area contributed by atoms with Crippen LogP contribution in [-0.4, -0.2) is 28.0 Å². The van der Waals surface area contributed by atoms with Crippen molar-refractivity contribution in [2.75, 3.05) is 0 Å². The third kappa shape index (κ3) is 4.03. The number of hydrogen-bond donors (Lipinski definition) is 2. The number of carboxylic acid groups (broad SMARTS) is 1. The number of hydrogen-bond acceptors (Lipinski definition) is 3.